The smallest absolute Gasteiger partial charge is 0.416 e. The second kappa shape index (κ2) is 7.78. The van der Waals surface area contributed by atoms with Gasteiger partial charge in [-0.2, -0.15) is 18.3 Å². The van der Waals surface area contributed by atoms with Gasteiger partial charge in [-0.05, 0) is 37.3 Å². The average molecular weight is 431 g/mol. The molecule has 160 valence electrons. The normalized spacial score (nSPS) is 13.0. The molecule has 1 aromatic heterocycles. The number of halogens is 3. The van der Waals surface area contributed by atoms with Crippen molar-refractivity contribution in [1.82, 2.24) is 9.78 Å². The van der Waals surface area contributed by atoms with Crippen molar-refractivity contribution in [3.05, 3.63) is 75.7 Å². The number of benzene rings is 2. The molecule has 0 saturated heterocycles. The number of carbonyl (C=O) groups excluding carboxylic acids is 1. The van der Waals surface area contributed by atoms with E-state index >= 15 is 0 Å². The summed E-state index contributed by atoms with van der Waals surface area (Å²) in [7, 11) is 0. The van der Waals surface area contributed by atoms with E-state index in [4.69, 9.17) is 9.47 Å². The van der Waals surface area contributed by atoms with Gasteiger partial charge in [-0.3, -0.25) is 9.59 Å². The minimum absolute atomic E-state index is 0.0701. The Bertz CT molecular complexity index is 1220. The number of aromatic nitrogens is 2. The summed E-state index contributed by atoms with van der Waals surface area (Å²) in [5.74, 6) is 0.175. The molecule has 1 amide bonds. The molecule has 10 heteroatoms. The third-order valence-corrected chi connectivity index (χ3v) is 4.54. The number of alkyl halides is 3. The summed E-state index contributed by atoms with van der Waals surface area (Å²) in [6, 6.07) is 10.3. The van der Waals surface area contributed by atoms with Crippen LogP contribution in [0.4, 0.5) is 18.9 Å². The molecule has 0 fully saturated rings. The summed E-state index contributed by atoms with van der Waals surface area (Å²) in [4.78, 5) is 25.0. The lowest BCUT2D eigenvalue weighted by Crippen LogP contribution is -2.27. The molecule has 2 aromatic carbocycles. The van der Waals surface area contributed by atoms with Gasteiger partial charge >= 0.3 is 6.18 Å². The lowest BCUT2D eigenvalue weighted by molar-refractivity contribution is -0.137. The Labute approximate surface area is 174 Å². The Morgan fingerprint density at radius 3 is 2.55 bits per heavy atom. The zero-order valence-electron chi connectivity index (χ0n) is 16.2. The summed E-state index contributed by atoms with van der Waals surface area (Å²) in [5.41, 5.74) is -1.29. The lowest BCUT2D eigenvalue weighted by Gasteiger charge is -2.19. The average Bonchev–Trinajstić information content (AvgIpc) is 2.73. The van der Waals surface area contributed by atoms with E-state index < -0.39 is 28.8 Å². The number of nitrogens with one attached hydrogen (secondary N) is 1. The van der Waals surface area contributed by atoms with Gasteiger partial charge in [0.2, 0.25) is 5.43 Å². The molecule has 0 atom stereocenters. The standard InChI is InChI=1S/C21H16F3N3O4/c1-12-9-16(28)19(26-27(12)15-4-2-3-13(10-15)21(22,23)24)20(29)25-14-5-6-17-18(11-14)31-8-7-30-17/h2-6,9-11H,7-8H2,1H3,(H,25,29). The van der Waals surface area contributed by atoms with Gasteiger partial charge in [0.1, 0.15) is 13.2 Å². The summed E-state index contributed by atoms with van der Waals surface area (Å²) in [6.07, 6.45) is -4.54. The van der Waals surface area contributed by atoms with E-state index in [-0.39, 0.29) is 11.4 Å². The first kappa shape index (κ1) is 20.5. The van der Waals surface area contributed by atoms with E-state index in [9.17, 15) is 22.8 Å². The Morgan fingerprint density at radius 1 is 1.06 bits per heavy atom. The van der Waals surface area contributed by atoms with Gasteiger partial charge < -0.3 is 14.8 Å². The van der Waals surface area contributed by atoms with Crippen LogP contribution in [0.5, 0.6) is 11.5 Å². The van der Waals surface area contributed by atoms with Crippen LogP contribution in [0.15, 0.2) is 53.3 Å². The second-order valence-corrected chi connectivity index (χ2v) is 6.77. The number of aryl methyl sites for hydroxylation is 1. The lowest BCUT2D eigenvalue weighted by atomic mass is 10.2. The maximum Gasteiger partial charge on any atom is 0.416 e. The Kier molecular flexibility index (Phi) is 5.14. The number of nitrogens with zero attached hydrogens (tertiary/aromatic N) is 2. The Hall–Kier alpha value is -3.82. The van der Waals surface area contributed by atoms with Crippen LogP contribution in [0.1, 0.15) is 21.7 Å². The van der Waals surface area contributed by atoms with Crippen molar-refractivity contribution in [3.8, 4) is 17.2 Å². The summed E-state index contributed by atoms with van der Waals surface area (Å²) in [5, 5.41) is 6.57. The minimum atomic E-state index is -4.54. The quantitative estimate of drug-likeness (QED) is 0.686. The maximum absolute atomic E-state index is 13.1. The van der Waals surface area contributed by atoms with Crippen LogP contribution in [0.2, 0.25) is 0 Å². The molecule has 0 radical (unpaired) electrons. The molecule has 7 nitrogen and oxygen atoms in total. The molecule has 0 bridgehead atoms. The van der Waals surface area contributed by atoms with Crippen molar-refractivity contribution >= 4 is 11.6 Å². The molecule has 0 unspecified atom stereocenters. The van der Waals surface area contributed by atoms with Crippen molar-refractivity contribution in [2.75, 3.05) is 18.5 Å². The first-order valence-electron chi connectivity index (χ1n) is 9.22. The number of carbonyl (C=O) groups is 1. The molecular formula is C21H16F3N3O4. The molecule has 2 heterocycles. The van der Waals surface area contributed by atoms with Crippen LogP contribution >= 0.6 is 0 Å². The highest BCUT2D eigenvalue weighted by atomic mass is 19.4. The second-order valence-electron chi connectivity index (χ2n) is 6.77. The molecule has 1 aliphatic rings. The number of fused-ring (bicyclic) bond motifs is 1. The summed E-state index contributed by atoms with van der Waals surface area (Å²) < 4.78 is 51.2. The van der Waals surface area contributed by atoms with Gasteiger partial charge in [-0.15, -0.1) is 0 Å². The van der Waals surface area contributed by atoms with Gasteiger partial charge in [0.25, 0.3) is 5.91 Å². The molecule has 4 rings (SSSR count). The number of amides is 1. The van der Waals surface area contributed by atoms with Crippen molar-refractivity contribution in [3.63, 3.8) is 0 Å². The largest absolute Gasteiger partial charge is 0.486 e. The monoisotopic (exact) mass is 431 g/mol. The van der Waals surface area contributed by atoms with E-state index in [0.717, 1.165) is 22.9 Å². The van der Waals surface area contributed by atoms with E-state index in [0.29, 0.717) is 30.4 Å². The highest BCUT2D eigenvalue weighted by molar-refractivity contribution is 6.02. The van der Waals surface area contributed by atoms with E-state index in [1.165, 1.54) is 19.1 Å². The fourth-order valence-electron chi connectivity index (χ4n) is 3.09. The summed E-state index contributed by atoms with van der Waals surface area (Å²) >= 11 is 0. The highest BCUT2D eigenvalue weighted by Gasteiger charge is 2.30. The van der Waals surface area contributed by atoms with Crippen molar-refractivity contribution < 1.29 is 27.4 Å². The minimum Gasteiger partial charge on any atom is -0.486 e. The van der Waals surface area contributed by atoms with E-state index in [1.54, 1.807) is 18.2 Å². The van der Waals surface area contributed by atoms with Gasteiger partial charge in [-0.25, -0.2) is 4.68 Å². The van der Waals surface area contributed by atoms with Gasteiger partial charge in [0.15, 0.2) is 17.2 Å². The zero-order chi connectivity index (χ0) is 22.2. The third kappa shape index (κ3) is 4.23. The zero-order valence-corrected chi connectivity index (χ0v) is 16.2. The van der Waals surface area contributed by atoms with E-state index in [1.807, 2.05) is 0 Å². The summed E-state index contributed by atoms with van der Waals surface area (Å²) in [6.45, 7) is 2.30. The topological polar surface area (TPSA) is 82.5 Å². The highest BCUT2D eigenvalue weighted by Crippen LogP contribution is 2.33. The molecule has 31 heavy (non-hydrogen) atoms. The number of rotatable bonds is 3. The Balaban J connectivity index is 1.67. The number of hydrogen-bond acceptors (Lipinski definition) is 5. The fraction of sp³-hybridized carbons (Fsp3) is 0.190. The molecule has 1 N–H and O–H groups in total. The molecular weight excluding hydrogens is 415 g/mol. The number of hydrogen-bond donors (Lipinski definition) is 1. The van der Waals surface area contributed by atoms with Crippen LogP contribution in [0, 0.1) is 6.92 Å². The number of ether oxygens (including phenoxy) is 2. The fourth-order valence-corrected chi connectivity index (χ4v) is 3.09. The van der Waals surface area contributed by atoms with Crippen LogP contribution in [0.3, 0.4) is 0 Å². The molecule has 3 aromatic rings. The molecule has 1 aliphatic heterocycles. The van der Waals surface area contributed by atoms with Gasteiger partial charge in [0.05, 0.1) is 11.3 Å². The third-order valence-electron chi connectivity index (χ3n) is 4.54. The van der Waals surface area contributed by atoms with Crippen molar-refractivity contribution in [2.24, 2.45) is 0 Å². The molecule has 0 aliphatic carbocycles. The maximum atomic E-state index is 13.1. The molecule has 0 saturated carbocycles. The van der Waals surface area contributed by atoms with Crippen molar-refractivity contribution in [1.29, 1.82) is 0 Å². The van der Waals surface area contributed by atoms with E-state index in [2.05, 4.69) is 10.4 Å². The van der Waals surface area contributed by atoms with Crippen molar-refractivity contribution in [2.45, 2.75) is 13.1 Å². The SMILES string of the molecule is Cc1cc(=O)c(C(=O)Nc2ccc3c(c2)OCCO3)nn1-c1cccc(C(F)(F)F)c1. The first-order chi connectivity index (χ1) is 14.7. The van der Waals surface area contributed by atoms with Crippen LogP contribution < -0.4 is 20.2 Å². The first-order valence-corrected chi connectivity index (χ1v) is 9.22. The van der Waals surface area contributed by atoms with Gasteiger partial charge in [0, 0.05) is 23.5 Å². The van der Waals surface area contributed by atoms with Gasteiger partial charge in [-0.1, -0.05) is 6.07 Å². The van der Waals surface area contributed by atoms with Crippen LogP contribution in [0.25, 0.3) is 5.69 Å². The number of anilines is 1. The predicted molar refractivity (Wildman–Crippen MR) is 105 cm³/mol. The molecule has 0 spiro atoms. The van der Waals surface area contributed by atoms with Crippen LogP contribution in [-0.4, -0.2) is 28.9 Å². The predicted octanol–water partition coefficient (Wildman–Crippen LogP) is 3.58. The van der Waals surface area contributed by atoms with Crippen LogP contribution in [-0.2, 0) is 6.18 Å². The Morgan fingerprint density at radius 2 is 1.81 bits per heavy atom.